The van der Waals surface area contributed by atoms with Gasteiger partial charge in [-0.25, -0.2) is 0 Å². The zero-order valence-electron chi connectivity index (χ0n) is 15.3. The molecule has 6 heteroatoms. The predicted molar refractivity (Wildman–Crippen MR) is 99.1 cm³/mol. The Morgan fingerprint density at radius 1 is 1.28 bits per heavy atom. The van der Waals surface area contributed by atoms with Crippen LogP contribution in [-0.2, 0) is 16.0 Å². The summed E-state index contributed by atoms with van der Waals surface area (Å²) in [7, 11) is 0. The van der Waals surface area contributed by atoms with Crippen LogP contribution in [0.2, 0.25) is 0 Å². The van der Waals surface area contributed by atoms with E-state index in [2.05, 4.69) is 40.3 Å². The topological polar surface area (TPSA) is 70.2 Å². The number of para-hydroxylation sites is 2. The van der Waals surface area contributed by atoms with Crippen molar-refractivity contribution in [2.75, 3.05) is 23.3 Å². The Morgan fingerprint density at radius 2 is 1.96 bits per heavy atom. The van der Waals surface area contributed by atoms with Gasteiger partial charge in [-0.05, 0) is 39.8 Å². The summed E-state index contributed by atoms with van der Waals surface area (Å²) in [6, 6.07) is 7.95. The largest absolute Gasteiger partial charge is 0.372 e. The number of benzene rings is 1. The van der Waals surface area contributed by atoms with Gasteiger partial charge in [0.05, 0.1) is 35.7 Å². The van der Waals surface area contributed by atoms with Crippen molar-refractivity contribution in [1.29, 1.82) is 0 Å². The van der Waals surface area contributed by atoms with E-state index in [1.807, 2.05) is 32.0 Å². The molecular formula is C19H26N4O2. The number of anilines is 2. The maximum absolute atomic E-state index is 12.6. The highest BCUT2D eigenvalue weighted by Crippen LogP contribution is 2.28. The highest BCUT2D eigenvalue weighted by atomic mass is 16.5. The molecule has 2 heterocycles. The Labute approximate surface area is 148 Å². The van der Waals surface area contributed by atoms with E-state index in [1.54, 1.807) is 0 Å². The van der Waals surface area contributed by atoms with Gasteiger partial charge in [-0.15, -0.1) is 0 Å². The third kappa shape index (κ3) is 4.02. The minimum absolute atomic E-state index is 0.0330. The third-order valence-corrected chi connectivity index (χ3v) is 4.56. The number of carbonyl (C=O) groups is 1. The highest BCUT2D eigenvalue weighted by molar-refractivity contribution is 5.95. The summed E-state index contributed by atoms with van der Waals surface area (Å²) in [6.07, 6.45) is 0.658. The summed E-state index contributed by atoms with van der Waals surface area (Å²) >= 11 is 0. The van der Waals surface area contributed by atoms with Crippen molar-refractivity contribution in [3.8, 4) is 0 Å². The van der Waals surface area contributed by atoms with Crippen LogP contribution in [-0.4, -0.2) is 41.4 Å². The summed E-state index contributed by atoms with van der Waals surface area (Å²) in [5, 5.41) is 10.2. The SMILES string of the molecule is Cc1n[nH]c(C)c1CC(=O)Nc1ccccc1N1C[C@H](C)O[C@@H](C)C1. The van der Waals surface area contributed by atoms with E-state index in [0.717, 1.165) is 41.4 Å². The first-order valence-electron chi connectivity index (χ1n) is 8.73. The van der Waals surface area contributed by atoms with Crippen molar-refractivity contribution in [2.45, 2.75) is 46.3 Å². The molecule has 0 unspecified atom stereocenters. The molecule has 2 N–H and O–H groups in total. The normalized spacial score (nSPS) is 20.6. The van der Waals surface area contributed by atoms with Crippen LogP contribution in [0.3, 0.4) is 0 Å². The minimum atomic E-state index is -0.0330. The highest BCUT2D eigenvalue weighted by Gasteiger charge is 2.24. The van der Waals surface area contributed by atoms with Crippen LogP contribution in [0.4, 0.5) is 11.4 Å². The standard InChI is InChI=1S/C19H26N4O2/c1-12-10-23(11-13(2)25-12)18-8-6-5-7-17(18)20-19(24)9-16-14(3)21-22-15(16)4/h5-8,12-13H,9-11H2,1-4H3,(H,20,24)(H,21,22)/t12-,13-/m0/s1. The molecular weight excluding hydrogens is 316 g/mol. The molecule has 25 heavy (non-hydrogen) atoms. The molecule has 2 atom stereocenters. The van der Waals surface area contributed by atoms with Gasteiger partial charge in [-0.2, -0.15) is 5.10 Å². The second kappa shape index (κ2) is 7.27. The lowest BCUT2D eigenvalue weighted by Crippen LogP contribution is -2.45. The molecule has 0 bridgehead atoms. The van der Waals surface area contributed by atoms with Crippen LogP contribution in [0, 0.1) is 13.8 Å². The lowest BCUT2D eigenvalue weighted by Gasteiger charge is -2.37. The monoisotopic (exact) mass is 342 g/mol. The number of aryl methyl sites for hydroxylation is 2. The van der Waals surface area contributed by atoms with Crippen molar-refractivity contribution in [3.63, 3.8) is 0 Å². The van der Waals surface area contributed by atoms with Crippen LogP contribution in [0.15, 0.2) is 24.3 Å². The molecule has 0 aliphatic carbocycles. The van der Waals surface area contributed by atoms with Crippen LogP contribution in [0.25, 0.3) is 0 Å². The van der Waals surface area contributed by atoms with Crippen LogP contribution < -0.4 is 10.2 Å². The van der Waals surface area contributed by atoms with Crippen molar-refractivity contribution in [2.24, 2.45) is 0 Å². The first-order chi connectivity index (χ1) is 11.9. The Balaban J connectivity index is 1.76. The van der Waals surface area contributed by atoms with Crippen molar-refractivity contribution in [3.05, 3.63) is 41.2 Å². The lowest BCUT2D eigenvalue weighted by atomic mass is 10.1. The number of H-pyrrole nitrogens is 1. The fourth-order valence-corrected chi connectivity index (χ4v) is 3.42. The van der Waals surface area contributed by atoms with Crippen LogP contribution in [0.5, 0.6) is 0 Å². The number of nitrogens with zero attached hydrogens (tertiary/aromatic N) is 2. The fourth-order valence-electron chi connectivity index (χ4n) is 3.42. The van der Waals surface area contributed by atoms with E-state index >= 15 is 0 Å². The second-order valence-electron chi connectivity index (χ2n) is 6.82. The molecule has 0 spiro atoms. The summed E-state index contributed by atoms with van der Waals surface area (Å²) in [5.74, 6) is -0.0330. The number of ether oxygens (including phenoxy) is 1. The van der Waals surface area contributed by atoms with Gasteiger partial charge in [0.25, 0.3) is 0 Å². The molecule has 6 nitrogen and oxygen atoms in total. The Morgan fingerprint density at radius 3 is 2.60 bits per heavy atom. The number of hydrogen-bond donors (Lipinski definition) is 2. The smallest absolute Gasteiger partial charge is 0.228 e. The van der Waals surface area contributed by atoms with E-state index in [-0.39, 0.29) is 18.1 Å². The summed E-state index contributed by atoms with van der Waals surface area (Å²) in [4.78, 5) is 14.8. The molecule has 1 saturated heterocycles. The third-order valence-electron chi connectivity index (χ3n) is 4.56. The number of aromatic nitrogens is 2. The van der Waals surface area contributed by atoms with E-state index in [0.29, 0.717) is 6.42 Å². The number of carbonyl (C=O) groups excluding carboxylic acids is 1. The first kappa shape index (κ1) is 17.5. The zero-order chi connectivity index (χ0) is 18.0. The van der Waals surface area contributed by atoms with Gasteiger partial charge in [-0.1, -0.05) is 12.1 Å². The predicted octanol–water partition coefficient (Wildman–Crippen LogP) is 2.82. The van der Waals surface area contributed by atoms with Crippen LogP contribution in [0.1, 0.15) is 30.8 Å². The van der Waals surface area contributed by atoms with Gasteiger partial charge in [0, 0.05) is 24.3 Å². The van der Waals surface area contributed by atoms with E-state index < -0.39 is 0 Å². The Hall–Kier alpha value is -2.34. The van der Waals surface area contributed by atoms with E-state index in [1.165, 1.54) is 0 Å². The number of aromatic amines is 1. The minimum Gasteiger partial charge on any atom is -0.372 e. The zero-order valence-corrected chi connectivity index (χ0v) is 15.3. The quantitative estimate of drug-likeness (QED) is 0.896. The summed E-state index contributed by atoms with van der Waals surface area (Å²) in [6.45, 7) is 9.64. The molecule has 1 amide bonds. The van der Waals surface area contributed by atoms with E-state index in [4.69, 9.17) is 4.74 Å². The van der Waals surface area contributed by atoms with Gasteiger partial charge in [0.2, 0.25) is 5.91 Å². The van der Waals surface area contributed by atoms with Gasteiger partial charge >= 0.3 is 0 Å². The van der Waals surface area contributed by atoms with Gasteiger partial charge in [0.1, 0.15) is 0 Å². The number of morpholine rings is 1. The fraction of sp³-hybridized carbons (Fsp3) is 0.474. The number of amides is 1. The molecule has 1 aliphatic rings. The Bertz CT molecular complexity index is 726. The molecule has 1 fully saturated rings. The maximum Gasteiger partial charge on any atom is 0.228 e. The molecule has 2 aromatic rings. The first-order valence-corrected chi connectivity index (χ1v) is 8.73. The summed E-state index contributed by atoms with van der Waals surface area (Å²) < 4.78 is 5.82. The average molecular weight is 342 g/mol. The van der Waals surface area contributed by atoms with Gasteiger partial charge in [0.15, 0.2) is 0 Å². The number of hydrogen-bond acceptors (Lipinski definition) is 4. The molecule has 0 saturated carbocycles. The molecule has 0 radical (unpaired) electrons. The molecule has 1 aliphatic heterocycles. The summed E-state index contributed by atoms with van der Waals surface area (Å²) in [5.41, 5.74) is 4.66. The molecule has 1 aromatic heterocycles. The number of nitrogens with one attached hydrogen (secondary N) is 2. The Kier molecular flexibility index (Phi) is 5.08. The van der Waals surface area contributed by atoms with Gasteiger partial charge < -0.3 is 15.0 Å². The molecule has 3 rings (SSSR count). The van der Waals surface area contributed by atoms with Crippen LogP contribution >= 0.6 is 0 Å². The molecule has 1 aromatic carbocycles. The van der Waals surface area contributed by atoms with Crippen molar-refractivity contribution < 1.29 is 9.53 Å². The van der Waals surface area contributed by atoms with Crippen molar-refractivity contribution in [1.82, 2.24) is 10.2 Å². The lowest BCUT2D eigenvalue weighted by molar-refractivity contribution is -0.115. The molecule has 134 valence electrons. The second-order valence-corrected chi connectivity index (χ2v) is 6.82. The maximum atomic E-state index is 12.6. The van der Waals surface area contributed by atoms with Crippen molar-refractivity contribution >= 4 is 17.3 Å². The average Bonchev–Trinajstić information content (AvgIpc) is 2.86. The van der Waals surface area contributed by atoms with Gasteiger partial charge in [-0.3, -0.25) is 9.89 Å². The number of rotatable bonds is 4. The van der Waals surface area contributed by atoms with E-state index in [9.17, 15) is 4.79 Å².